The molecule has 2 amide bonds. The van der Waals surface area contributed by atoms with Crippen LogP contribution in [0.3, 0.4) is 0 Å². The van der Waals surface area contributed by atoms with Crippen LogP contribution in [0, 0.1) is 11.3 Å². The number of amides is 2. The molecule has 1 fully saturated rings. The number of nitrogens with zero attached hydrogens (tertiary/aromatic N) is 2. The molecule has 2 atom stereocenters. The summed E-state index contributed by atoms with van der Waals surface area (Å²) in [4.78, 5) is 13.9. The third-order valence-corrected chi connectivity index (χ3v) is 3.37. The average Bonchev–Trinajstić information content (AvgIpc) is 2.39. The summed E-state index contributed by atoms with van der Waals surface area (Å²) in [5.41, 5.74) is 0.899. The maximum Gasteiger partial charge on any atom is 0.322 e. The van der Waals surface area contributed by atoms with Crippen LogP contribution in [-0.4, -0.2) is 36.2 Å². The van der Waals surface area contributed by atoms with Gasteiger partial charge in [-0.3, -0.25) is 0 Å². The number of urea groups is 1. The monoisotopic (exact) mass is 293 g/mol. The first-order valence-corrected chi connectivity index (χ1v) is 6.78. The van der Waals surface area contributed by atoms with E-state index in [0.29, 0.717) is 29.4 Å². The maximum absolute atomic E-state index is 12.2. The highest BCUT2D eigenvalue weighted by Crippen LogP contribution is 2.20. The molecule has 20 heavy (non-hydrogen) atoms. The molecule has 1 aliphatic heterocycles. The SMILES string of the molecule is CC1CN(C(=O)Nc2ccc(Cl)c(C#N)c2)CC(C)O1. The number of hydrogen-bond acceptors (Lipinski definition) is 3. The van der Waals surface area contributed by atoms with Gasteiger partial charge in [-0.2, -0.15) is 5.26 Å². The molecule has 2 unspecified atom stereocenters. The Balaban J connectivity index is 2.06. The van der Waals surface area contributed by atoms with Crippen molar-refractivity contribution in [1.29, 1.82) is 5.26 Å². The van der Waals surface area contributed by atoms with Gasteiger partial charge in [-0.05, 0) is 32.0 Å². The highest BCUT2D eigenvalue weighted by Gasteiger charge is 2.25. The highest BCUT2D eigenvalue weighted by atomic mass is 35.5. The van der Waals surface area contributed by atoms with Crippen LogP contribution < -0.4 is 5.32 Å². The van der Waals surface area contributed by atoms with Gasteiger partial charge in [0, 0.05) is 18.8 Å². The van der Waals surface area contributed by atoms with Crippen molar-refractivity contribution >= 4 is 23.3 Å². The summed E-state index contributed by atoms with van der Waals surface area (Å²) in [6.45, 7) is 4.97. The second-order valence-electron chi connectivity index (χ2n) is 4.90. The molecule has 5 nitrogen and oxygen atoms in total. The Labute approximate surface area is 123 Å². The molecule has 0 radical (unpaired) electrons. The summed E-state index contributed by atoms with van der Waals surface area (Å²) in [7, 11) is 0. The van der Waals surface area contributed by atoms with Crippen molar-refractivity contribution in [2.75, 3.05) is 18.4 Å². The average molecular weight is 294 g/mol. The first-order valence-electron chi connectivity index (χ1n) is 6.40. The minimum atomic E-state index is -0.196. The van der Waals surface area contributed by atoms with E-state index in [1.165, 1.54) is 0 Å². The number of anilines is 1. The first-order chi connectivity index (χ1) is 9.49. The number of carbonyl (C=O) groups is 1. The third-order valence-electron chi connectivity index (χ3n) is 3.04. The molecule has 0 saturated carbocycles. The number of hydrogen-bond donors (Lipinski definition) is 1. The minimum absolute atomic E-state index is 0.0180. The van der Waals surface area contributed by atoms with Crippen LogP contribution in [-0.2, 0) is 4.74 Å². The van der Waals surface area contributed by atoms with E-state index in [1.807, 2.05) is 19.9 Å². The van der Waals surface area contributed by atoms with Gasteiger partial charge in [0.25, 0.3) is 0 Å². The molecular weight excluding hydrogens is 278 g/mol. The number of rotatable bonds is 1. The summed E-state index contributed by atoms with van der Waals surface area (Å²) in [6, 6.07) is 6.63. The van der Waals surface area contributed by atoms with Crippen molar-refractivity contribution in [1.82, 2.24) is 4.90 Å². The number of morpholine rings is 1. The highest BCUT2D eigenvalue weighted by molar-refractivity contribution is 6.31. The number of benzene rings is 1. The second-order valence-corrected chi connectivity index (χ2v) is 5.31. The maximum atomic E-state index is 12.2. The van der Waals surface area contributed by atoms with Gasteiger partial charge in [0.1, 0.15) is 6.07 Å². The van der Waals surface area contributed by atoms with Crippen LogP contribution in [0.25, 0.3) is 0 Å². The fourth-order valence-corrected chi connectivity index (χ4v) is 2.39. The largest absolute Gasteiger partial charge is 0.372 e. The number of nitriles is 1. The summed E-state index contributed by atoms with van der Waals surface area (Å²) in [5, 5.41) is 12.1. The summed E-state index contributed by atoms with van der Waals surface area (Å²) >= 11 is 5.86. The lowest BCUT2D eigenvalue weighted by atomic mass is 10.2. The Hall–Kier alpha value is -1.77. The van der Waals surface area contributed by atoms with Gasteiger partial charge in [0.05, 0.1) is 22.8 Å². The molecule has 6 heteroatoms. The molecule has 0 aliphatic carbocycles. The van der Waals surface area contributed by atoms with Gasteiger partial charge < -0.3 is 15.0 Å². The lowest BCUT2D eigenvalue weighted by Gasteiger charge is -2.35. The van der Waals surface area contributed by atoms with E-state index in [9.17, 15) is 4.79 Å². The summed E-state index contributed by atoms with van der Waals surface area (Å²) in [5.74, 6) is 0. The Morgan fingerprint density at radius 2 is 2.10 bits per heavy atom. The molecule has 1 saturated heterocycles. The zero-order chi connectivity index (χ0) is 14.7. The number of halogens is 1. The van der Waals surface area contributed by atoms with E-state index in [2.05, 4.69) is 5.32 Å². The molecule has 1 N–H and O–H groups in total. The van der Waals surface area contributed by atoms with Crippen molar-refractivity contribution in [3.63, 3.8) is 0 Å². The van der Waals surface area contributed by atoms with Gasteiger partial charge in [-0.25, -0.2) is 4.79 Å². The van der Waals surface area contributed by atoms with Crippen LogP contribution in [0.15, 0.2) is 18.2 Å². The topological polar surface area (TPSA) is 65.4 Å². The van der Waals surface area contributed by atoms with E-state index in [0.717, 1.165) is 0 Å². The Morgan fingerprint density at radius 3 is 2.70 bits per heavy atom. The van der Waals surface area contributed by atoms with Gasteiger partial charge in [0.2, 0.25) is 0 Å². The van der Waals surface area contributed by atoms with E-state index < -0.39 is 0 Å². The quantitative estimate of drug-likeness (QED) is 0.866. The van der Waals surface area contributed by atoms with Crippen LogP contribution in [0.1, 0.15) is 19.4 Å². The molecule has 106 valence electrons. The molecule has 2 rings (SSSR count). The predicted octanol–water partition coefficient (Wildman–Crippen LogP) is 2.85. The molecule has 0 aromatic heterocycles. The number of carbonyl (C=O) groups excluding carboxylic acids is 1. The van der Waals surface area contributed by atoms with E-state index in [4.69, 9.17) is 21.6 Å². The molecule has 1 aromatic carbocycles. The van der Waals surface area contributed by atoms with Crippen molar-refractivity contribution < 1.29 is 9.53 Å². The fourth-order valence-electron chi connectivity index (χ4n) is 2.23. The number of nitrogens with one attached hydrogen (secondary N) is 1. The van der Waals surface area contributed by atoms with Gasteiger partial charge in [-0.1, -0.05) is 11.6 Å². The molecule has 1 aliphatic rings. The smallest absolute Gasteiger partial charge is 0.322 e. The van der Waals surface area contributed by atoms with Crippen molar-refractivity contribution in [2.45, 2.75) is 26.1 Å². The summed E-state index contributed by atoms with van der Waals surface area (Å²) in [6.07, 6.45) is 0.0359. The van der Waals surface area contributed by atoms with Crippen LogP contribution in [0.4, 0.5) is 10.5 Å². The fraction of sp³-hybridized carbons (Fsp3) is 0.429. The lowest BCUT2D eigenvalue weighted by molar-refractivity contribution is -0.0530. The third kappa shape index (κ3) is 3.41. The van der Waals surface area contributed by atoms with Gasteiger partial charge in [-0.15, -0.1) is 0 Å². The molecule has 1 heterocycles. The zero-order valence-electron chi connectivity index (χ0n) is 11.4. The van der Waals surface area contributed by atoms with Crippen molar-refractivity contribution in [2.24, 2.45) is 0 Å². The molecule has 0 bridgehead atoms. The Bertz CT molecular complexity index is 546. The Kier molecular flexibility index (Phi) is 4.48. The van der Waals surface area contributed by atoms with Gasteiger partial charge in [0.15, 0.2) is 0 Å². The van der Waals surface area contributed by atoms with Crippen LogP contribution in [0.5, 0.6) is 0 Å². The van der Waals surface area contributed by atoms with Crippen molar-refractivity contribution in [3.8, 4) is 6.07 Å². The normalized spacial score (nSPS) is 22.2. The molecular formula is C14H16ClN3O2. The lowest BCUT2D eigenvalue weighted by Crippen LogP contribution is -2.49. The number of ether oxygens (including phenoxy) is 1. The second kappa shape index (κ2) is 6.12. The summed E-state index contributed by atoms with van der Waals surface area (Å²) < 4.78 is 5.59. The first kappa shape index (κ1) is 14.6. The minimum Gasteiger partial charge on any atom is -0.372 e. The van der Waals surface area contributed by atoms with Crippen molar-refractivity contribution in [3.05, 3.63) is 28.8 Å². The standard InChI is InChI=1S/C14H16ClN3O2/c1-9-7-18(8-10(2)20-9)14(19)17-12-3-4-13(15)11(5-12)6-16/h3-5,9-10H,7-8H2,1-2H3,(H,17,19). The molecule has 1 aromatic rings. The molecule has 0 spiro atoms. The van der Waals surface area contributed by atoms with E-state index >= 15 is 0 Å². The van der Waals surface area contributed by atoms with Crippen LogP contribution in [0.2, 0.25) is 5.02 Å². The van der Waals surface area contributed by atoms with Gasteiger partial charge >= 0.3 is 6.03 Å². The van der Waals surface area contributed by atoms with Crippen LogP contribution >= 0.6 is 11.6 Å². The predicted molar refractivity (Wildman–Crippen MR) is 76.8 cm³/mol. The van der Waals surface area contributed by atoms with E-state index in [-0.39, 0.29) is 18.2 Å². The Morgan fingerprint density at radius 1 is 1.45 bits per heavy atom. The zero-order valence-corrected chi connectivity index (χ0v) is 12.1. The van der Waals surface area contributed by atoms with E-state index in [1.54, 1.807) is 23.1 Å².